The summed E-state index contributed by atoms with van der Waals surface area (Å²) in [6.07, 6.45) is 3.12. The molecule has 160 valence electrons. The van der Waals surface area contributed by atoms with Crippen molar-refractivity contribution in [2.24, 2.45) is 16.2 Å². The molecule has 0 aromatic carbocycles. The van der Waals surface area contributed by atoms with E-state index in [1.165, 1.54) is 5.48 Å². The van der Waals surface area contributed by atoms with Gasteiger partial charge in [-0.05, 0) is 35.5 Å². The van der Waals surface area contributed by atoms with Gasteiger partial charge in [0.2, 0.25) is 11.8 Å². The average Bonchev–Trinajstić information content (AvgIpc) is 2.80. The molecular weight excluding hydrogens is 360 g/mol. The first-order chi connectivity index (χ1) is 12.8. The van der Waals surface area contributed by atoms with Crippen LogP contribution in [-0.4, -0.2) is 59.5 Å². The van der Waals surface area contributed by atoms with Crippen LogP contribution in [0.3, 0.4) is 0 Å². The van der Waals surface area contributed by atoms with Crippen molar-refractivity contribution in [1.82, 2.24) is 21.0 Å². The molecule has 1 heterocycles. The molecule has 1 aliphatic carbocycles. The number of carbonyl (C=O) groups excluding carboxylic acids is 3. The number of amides is 3. The number of nitrogens with one attached hydrogen (secondary N) is 3. The number of rotatable bonds is 6. The van der Waals surface area contributed by atoms with Gasteiger partial charge < -0.3 is 10.2 Å². The Kier molecular flexibility index (Phi) is 6.45. The molecule has 8 nitrogen and oxygen atoms in total. The predicted molar refractivity (Wildman–Crippen MR) is 105 cm³/mol. The topological polar surface area (TPSA) is 111 Å². The van der Waals surface area contributed by atoms with Crippen LogP contribution in [0.1, 0.15) is 60.8 Å². The highest BCUT2D eigenvalue weighted by molar-refractivity contribution is 5.88. The summed E-state index contributed by atoms with van der Waals surface area (Å²) in [5, 5.41) is 14.2. The van der Waals surface area contributed by atoms with Crippen LogP contribution in [0.2, 0.25) is 0 Å². The third kappa shape index (κ3) is 5.44. The lowest BCUT2D eigenvalue weighted by molar-refractivity contribution is -0.135. The molecule has 2 aliphatic rings. The predicted octanol–water partition coefficient (Wildman–Crippen LogP) is 1.04. The van der Waals surface area contributed by atoms with E-state index in [1.807, 2.05) is 25.7 Å². The van der Waals surface area contributed by atoms with Gasteiger partial charge in [-0.2, -0.15) is 0 Å². The largest absolute Gasteiger partial charge is 0.346 e. The van der Waals surface area contributed by atoms with E-state index >= 15 is 0 Å². The molecule has 8 heteroatoms. The van der Waals surface area contributed by atoms with E-state index in [2.05, 4.69) is 31.4 Å². The summed E-state index contributed by atoms with van der Waals surface area (Å²) in [6.45, 7) is 12.9. The molecule has 0 radical (unpaired) electrons. The van der Waals surface area contributed by atoms with Crippen LogP contribution in [0, 0.1) is 16.2 Å². The standard InChI is InChI=1S/C20H36N4O4/c1-18(2,3)16(21-9-14(25)23-28)17(27)22-10-15(26)24-12-20(6)8-13(24)7-19(4,5)11-20/h13,16,21,28H,7-12H2,1-6H3,(H,22,27)(H,23,25). The molecule has 0 aromatic rings. The second kappa shape index (κ2) is 7.99. The molecule has 1 saturated heterocycles. The molecule has 4 N–H and O–H groups in total. The normalized spacial score (nSPS) is 27.2. The number of hydrogen-bond acceptors (Lipinski definition) is 5. The molecule has 2 bridgehead atoms. The molecule has 3 amide bonds. The maximum absolute atomic E-state index is 12.8. The van der Waals surface area contributed by atoms with Gasteiger partial charge in [0.25, 0.3) is 5.91 Å². The lowest BCUT2D eigenvalue weighted by Crippen LogP contribution is -2.55. The first kappa shape index (κ1) is 22.6. The highest BCUT2D eigenvalue weighted by atomic mass is 16.5. The Morgan fingerprint density at radius 2 is 1.79 bits per heavy atom. The smallest absolute Gasteiger partial charge is 0.257 e. The van der Waals surface area contributed by atoms with Gasteiger partial charge in [-0.15, -0.1) is 0 Å². The zero-order valence-corrected chi connectivity index (χ0v) is 18.0. The van der Waals surface area contributed by atoms with Crippen molar-refractivity contribution < 1.29 is 19.6 Å². The Hall–Kier alpha value is -1.67. The van der Waals surface area contributed by atoms with E-state index in [1.54, 1.807) is 0 Å². The first-order valence-electron chi connectivity index (χ1n) is 10.00. The zero-order chi connectivity index (χ0) is 21.3. The van der Waals surface area contributed by atoms with Crippen LogP contribution in [0.4, 0.5) is 0 Å². The van der Waals surface area contributed by atoms with Gasteiger partial charge in [0.15, 0.2) is 0 Å². The second-order valence-electron chi connectivity index (χ2n) is 10.7. The Balaban J connectivity index is 1.95. The van der Waals surface area contributed by atoms with Crippen molar-refractivity contribution in [2.45, 2.75) is 72.9 Å². The summed E-state index contributed by atoms with van der Waals surface area (Å²) in [5.74, 6) is -1.01. The molecule has 28 heavy (non-hydrogen) atoms. The summed E-state index contributed by atoms with van der Waals surface area (Å²) >= 11 is 0. The zero-order valence-electron chi connectivity index (χ0n) is 18.0. The Morgan fingerprint density at radius 1 is 1.14 bits per heavy atom. The Morgan fingerprint density at radius 3 is 2.36 bits per heavy atom. The maximum atomic E-state index is 12.8. The van der Waals surface area contributed by atoms with Gasteiger partial charge in [-0.3, -0.25) is 24.9 Å². The number of hydrogen-bond donors (Lipinski definition) is 4. The van der Waals surface area contributed by atoms with E-state index in [4.69, 9.17) is 5.21 Å². The average molecular weight is 397 g/mol. The third-order valence-corrected chi connectivity index (χ3v) is 5.87. The molecule has 2 rings (SSSR count). The van der Waals surface area contributed by atoms with E-state index in [9.17, 15) is 14.4 Å². The van der Waals surface area contributed by atoms with E-state index in [-0.39, 0.29) is 41.8 Å². The fraction of sp³-hybridized carbons (Fsp3) is 0.850. The van der Waals surface area contributed by atoms with Gasteiger partial charge in [0.1, 0.15) is 0 Å². The molecule has 1 aliphatic heterocycles. The minimum absolute atomic E-state index is 0.0493. The van der Waals surface area contributed by atoms with Gasteiger partial charge in [0, 0.05) is 12.6 Å². The lowest BCUT2D eigenvalue weighted by Gasteiger charge is -2.39. The van der Waals surface area contributed by atoms with Crippen LogP contribution < -0.4 is 16.1 Å². The highest BCUT2D eigenvalue weighted by Crippen LogP contribution is 2.52. The number of fused-ring (bicyclic) bond motifs is 2. The van der Waals surface area contributed by atoms with E-state index < -0.39 is 17.4 Å². The highest BCUT2D eigenvalue weighted by Gasteiger charge is 2.50. The van der Waals surface area contributed by atoms with Gasteiger partial charge in [-0.25, -0.2) is 5.48 Å². The quantitative estimate of drug-likeness (QED) is 0.396. The fourth-order valence-electron chi connectivity index (χ4n) is 5.14. The van der Waals surface area contributed by atoms with Crippen molar-refractivity contribution in [1.29, 1.82) is 0 Å². The SMILES string of the molecule is CC1(C)CC2CC(C)(CN2C(=O)CNC(=O)C(NCC(=O)NO)C(C)(C)C)C1. The molecule has 3 unspecified atom stereocenters. The minimum Gasteiger partial charge on any atom is -0.346 e. The van der Waals surface area contributed by atoms with Crippen LogP contribution in [-0.2, 0) is 14.4 Å². The summed E-state index contributed by atoms with van der Waals surface area (Å²) < 4.78 is 0. The number of hydroxylamine groups is 1. The molecular formula is C20H36N4O4. The fourth-order valence-corrected chi connectivity index (χ4v) is 5.14. The summed E-state index contributed by atoms with van der Waals surface area (Å²) in [5.41, 5.74) is 1.45. The molecule has 1 saturated carbocycles. The molecule has 2 fully saturated rings. The Bertz CT molecular complexity index is 628. The van der Waals surface area contributed by atoms with E-state index in [0.29, 0.717) is 0 Å². The van der Waals surface area contributed by atoms with Crippen LogP contribution in [0.25, 0.3) is 0 Å². The minimum atomic E-state index is -0.674. The second-order valence-corrected chi connectivity index (χ2v) is 10.7. The van der Waals surface area contributed by atoms with Crippen LogP contribution in [0.15, 0.2) is 0 Å². The van der Waals surface area contributed by atoms with Crippen LogP contribution in [0.5, 0.6) is 0 Å². The summed E-state index contributed by atoms with van der Waals surface area (Å²) in [7, 11) is 0. The number of nitrogens with zero attached hydrogens (tertiary/aromatic N) is 1. The van der Waals surface area contributed by atoms with Crippen molar-refractivity contribution in [3.63, 3.8) is 0 Å². The summed E-state index contributed by atoms with van der Waals surface area (Å²) in [4.78, 5) is 38.7. The maximum Gasteiger partial charge on any atom is 0.257 e. The van der Waals surface area contributed by atoms with E-state index in [0.717, 1.165) is 25.8 Å². The number of likely N-dealkylation sites (tertiary alicyclic amines) is 1. The van der Waals surface area contributed by atoms with Crippen molar-refractivity contribution >= 4 is 17.7 Å². The van der Waals surface area contributed by atoms with Crippen molar-refractivity contribution in [3.05, 3.63) is 0 Å². The van der Waals surface area contributed by atoms with Gasteiger partial charge >= 0.3 is 0 Å². The number of carbonyl (C=O) groups is 3. The monoisotopic (exact) mass is 396 g/mol. The third-order valence-electron chi connectivity index (χ3n) is 5.87. The molecule has 3 atom stereocenters. The molecule has 0 aromatic heterocycles. The van der Waals surface area contributed by atoms with Crippen molar-refractivity contribution in [2.75, 3.05) is 19.6 Å². The summed E-state index contributed by atoms with van der Waals surface area (Å²) in [6, 6.07) is -0.435. The van der Waals surface area contributed by atoms with Gasteiger partial charge in [0.05, 0.1) is 19.1 Å². The Labute approximate surface area is 167 Å². The van der Waals surface area contributed by atoms with Crippen molar-refractivity contribution in [3.8, 4) is 0 Å². The lowest BCUT2D eigenvalue weighted by atomic mass is 9.65. The van der Waals surface area contributed by atoms with Crippen LogP contribution >= 0.6 is 0 Å². The molecule has 0 spiro atoms. The van der Waals surface area contributed by atoms with Gasteiger partial charge in [-0.1, -0.05) is 41.5 Å². The first-order valence-corrected chi connectivity index (χ1v) is 10.00.